The highest BCUT2D eigenvalue weighted by Gasteiger charge is 2.42. The lowest BCUT2D eigenvalue weighted by molar-refractivity contribution is -0.122. The van der Waals surface area contributed by atoms with Crippen LogP contribution in [0, 0.1) is 5.82 Å². The fourth-order valence-corrected chi connectivity index (χ4v) is 5.35. The second-order valence-corrected chi connectivity index (χ2v) is 9.56. The lowest BCUT2D eigenvalue weighted by atomic mass is 9.68. The third kappa shape index (κ3) is 6.14. The summed E-state index contributed by atoms with van der Waals surface area (Å²) in [5, 5.41) is 3.05. The van der Waals surface area contributed by atoms with Crippen molar-refractivity contribution in [2.45, 2.75) is 69.6 Å². The monoisotopic (exact) mass is 452 g/mol. The number of ether oxygens (including phenoxy) is 1. The van der Waals surface area contributed by atoms with Gasteiger partial charge in [-0.3, -0.25) is 4.79 Å². The second-order valence-electron chi connectivity index (χ2n) is 9.56. The van der Waals surface area contributed by atoms with E-state index in [4.69, 9.17) is 4.74 Å². The number of anilines is 1. The Hall–Kier alpha value is -2.40. The molecule has 2 aromatic rings. The zero-order chi connectivity index (χ0) is 22.9. The van der Waals surface area contributed by atoms with Gasteiger partial charge in [-0.15, -0.1) is 0 Å². The highest BCUT2D eigenvalue weighted by Crippen LogP contribution is 2.41. The number of amides is 1. The summed E-state index contributed by atoms with van der Waals surface area (Å²) in [4.78, 5) is 15.9. The minimum atomic E-state index is -0.800. The van der Waals surface area contributed by atoms with Crippen LogP contribution < -0.4 is 10.1 Å². The summed E-state index contributed by atoms with van der Waals surface area (Å²) < 4.78 is 20.6. The van der Waals surface area contributed by atoms with Crippen LogP contribution in [-0.2, 0) is 10.2 Å². The molecule has 2 aromatic carbocycles. The van der Waals surface area contributed by atoms with Gasteiger partial charge in [-0.25, -0.2) is 4.39 Å². The lowest BCUT2D eigenvalue weighted by Gasteiger charge is -2.36. The summed E-state index contributed by atoms with van der Waals surface area (Å²) in [7, 11) is 0. The Bertz CT molecular complexity index is 885. The molecule has 0 bridgehead atoms. The van der Waals surface area contributed by atoms with Crippen LogP contribution in [0.5, 0.6) is 5.75 Å². The van der Waals surface area contributed by atoms with Gasteiger partial charge in [-0.2, -0.15) is 0 Å². The van der Waals surface area contributed by atoms with Crippen molar-refractivity contribution in [3.05, 3.63) is 59.9 Å². The zero-order valence-electron chi connectivity index (χ0n) is 19.7. The largest absolute Gasteiger partial charge is 0.494 e. The van der Waals surface area contributed by atoms with Crippen molar-refractivity contribution in [1.82, 2.24) is 4.90 Å². The molecule has 2 fully saturated rings. The first-order valence-corrected chi connectivity index (χ1v) is 12.7. The number of benzene rings is 2. The SMILES string of the molecule is O=C(Nc1ccc(OCCCN2CCCCCC2)cc1)C1(c2ccccc2F)CCCCC1. The lowest BCUT2D eigenvalue weighted by Crippen LogP contribution is -2.42. The Kier molecular flexibility index (Phi) is 8.38. The second kappa shape index (κ2) is 11.6. The van der Waals surface area contributed by atoms with Gasteiger partial charge in [0.1, 0.15) is 11.6 Å². The van der Waals surface area contributed by atoms with E-state index in [9.17, 15) is 9.18 Å². The fourth-order valence-electron chi connectivity index (χ4n) is 5.35. The number of nitrogens with one attached hydrogen (secondary N) is 1. The summed E-state index contributed by atoms with van der Waals surface area (Å²) in [6.45, 7) is 4.20. The van der Waals surface area contributed by atoms with E-state index >= 15 is 0 Å². The number of carbonyl (C=O) groups excluding carboxylic acids is 1. The maximum absolute atomic E-state index is 14.7. The van der Waals surface area contributed by atoms with Crippen LogP contribution in [-0.4, -0.2) is 37.0 Å². The molecule has 0 unspecified atom stereocenters. The summed E-state index contributed by atoms with van der Waals surface area (Å²) >= 11 is 0. The number of nitrogens with zero attached hydrogens (tertiary/aromatic N) is 1. The van der Waals surface area contributed by atoms with Crippen molar-refractivity contribution in [3.63, 3.8) is 0 Å². The summed E-state index contributed by atoms with van der Waals surface area (Å²) in [6, 6.07) is 14.3. The summed E-state index contributed by atoms with van der Waals surface area (Å²) in [6.07, 6.45) is 10.7. The van der Waals surface area contributed by atoms with E-state index in [0.29, 0.717) is 25.0 Å². The van der Waals surface area contributed by atoms with Crippen molar-refractivity contribution < 1.29 is 13.9 Å². The molecular formula is C28H37FN2O2. The van der Waals surface area contributed by atoms with E-state index in [1.807, 2.05) is 30.3 Å². The Labute approximate surface area is 197 Å². The highest BCUT2D eigenvalue weighted by atomic mass is 19.1. The Morgan fingerprint density at radius 3 is 2.27 bits per heavy atom. The van der Waals surface area contributed by atoms with Gasteiger partial charge < -0.3 is 15.0 Å². The maximum atomic E-state index is 14.7. The molecule has 4 nitrogen and oxygen atoms in total. The number of hydrogen-bond donors (Lipinski definition) is 1. The molecule has 1 heterocycles. The molecule has 33 heavy (non-hydrogen) atoms. The van der Waals surface area contributed by atoms with Crippen molar-refractivity contribution in [3.8, 4) is 5.75 Å². The predicted molar refractivity (Wildman–Crippen MR) is 131 cm³/mol. The van der Waals surface area contributed by atoms with E-state index in [2.05, 4.69) is 10.2 Å². The molecule has 1 N–H and O–H groups in total. The minimum Gasteiger partial charge on any atom is -0.494 e. The molecule has 1 amide bonds. The van der Waals surface area contributed by atoms with Crippen LogP contribution in [0.3, 0.4) is 0 Å². The molecule has 178 valence electrons. The average molecular weight is 453 g/mol. The molecule has 0 spiro atoms. The van der Waals surface area contributed by atoms with Gasteiger partial charge in [0.25, 0.3) is 0 Å². The van der Waals surface area contributed by atoms with E-state index in [-0.39, 0.29) is 11.7 Å². The third-order valence-corrected chi connectivity index (χ3v) is 7.23. The van der Waals surface area contributed by atoms with Gasteiger partial charge in [-0.1, -0.05) is 50.3 Å². The predicted octanol–water partition coefficient (Wildman–Crippen LogP) is 6.31. The quantitative estimate of drug-likeness (QED) is 0.477. The van der Waals surface area contributed by atoms with Crippen molar-refractivity contribution in [2.24, 2.45) is 0 Å². The molecule has 1 aliphatic carbocycles. The molecule has 1 saturated heterocycles. The van der Waals surface area contributed by atoms with E-state index in [1.54, 1.807) is 12.1 Å². The molecule has 0 radical (unpaired) electrons. The van der Waals surface area contributed by atoms with Crippen LogP contribution in [0.4, 0.5) is 10.1 Å². The van der Waals surface area contributed by atoms with Crippen LogP contribution >= 0.6 is 0 Å². The first-order valence-electron chi connectivity index (χ1n) is 12.7. The molecule has 2 aliphatic rings. The van der Waals surface area contributed by atoms with Gasteiger partial charge in [0.15, 0.2) is 0 Å². The number of hydrogen-bond acceptors (Lipinski definition) is 3. The van der Waals surface area contributed by atoms with Gasteiger partial charge in [0.2, 0.25) is 5.91 Å². The van der Waals surface area contributed by atoms with Gasteiger partial charge >= 0.3 is 0 Å². The van der Waals surface area contributed by atoms with E-state index in [0.717, 1.165) is 43.7 Å². The first-order chi connectivity index (χ1) is 16.2. The topological polar surface area (TPSA) is 41.6 Å². The molecule has 0 aromatic heterocycles. The Balaban J connectivity index is 1.32. The molecular weight excluding hydrogens is 415 g/mol. The van der Waals surface area contributed by atoms with Crippen LogP contribution in [0.25, 0.3) is 0 Å². The van der Waals surface area contributed by atoms with Gasteiger partial charge in [0.05, 0.1) is 12.0 Å². The summed E-state index contributed by atoms with van der Waals surface area (Å²) in [5.41, 5.74) is 0.441. The van der Waals surface area contributed by atoms with Crippen LogP contribution in [0.15, 0.2) is 48.5 Å². The maximum Gasteiger partial charge on any atom is 0.235 e. The molecule has 0 atom stereocenters. The van der Waals surface area contributed by atoms with Crippen LogP contribution in [0.1, 0.15) is 69.8 Å². The highest BCUT2D eigenvalue weighted by molar-refractivity contribution is 5.99. The van der Waals surface area contributed by atoms with E-state index in [1.165, 1.54) is 44.8 Å². The smallest absolute Gasteiger partial charge is 0.235 e. The van der Waals surface area contributed by atoms with Gasteiger partial charge in [0, 0.05) is 17.8 Å². The van der Waals surface area contributed by atoms with E-state index < -0.39 is 5.41 Å². The normalized spacial score (nSPS) is 18.9. The average Bonchev–Trinajstić information content (AvgIpc) is 3.12. The minimum absolute atomic E-state index is 0.113. The number of carbonyl (C=O) groups is 1. The van der Waals surface area contributed by atoms with Gasteiger partial charge in [-0.05, 0) is 75.5 Å². The Morgan fingerprint density at radius 2 is 1.58 bits per heavy atom. The van der Waals surface area contributed by atoms with Crippen LogP contribution in [0.2, 0.25) is 0 Å². The standard InChI is InChI=1S/C28H37FN2O2/c29-26-12-5-4-11-25(26)28(17-6-3-7-18-28)27(32)30-23-13-15-24(16-14-23)33-22-10-21-31-19-8-1-2-9-20-31/h4-5,11-16H,1-3,6-10,17-22H2,(H,30,32). The van der Waals surface area contributed by atoms with Crippen molar-refractivity contribution in [1.29, 1.82) is 0 Å². The summed E-state index contributed by atoms with van der Waals surface area (Å²) in [5.74, 6) is 0.405. The van der Waals surface area contributed by atoms with Crippen molar-refractivity contribution >= 4 is 11.6 Å². The number of likely N-dealkylation sites (tertiary alicyclic amines) is 1. The zero-order valence-corrected chi connectivity index (χ0v) is 19.7. The Morgan fingerprint density at radius 1 is 0.909 bits per heavy atom. The fraction of sp³-hybridized carbons (Fsp3) is 0.536. The molecule has 1 saturated carbocycles. The molecule has 1 aliphatic heterocycles. The number of halogens is 1. The number of rotatable bonds is 8. The third-order valence-electron chi connectivity index (χ3n) is 7.23. The first kappa shape index (κ1) is 23.7. The molecule has 5 heteroatoms. The molecule has 4 rings (SSSR count). The van der Waals surface area contributed by atoms with Crippen molar-refractivity contribution in [2.75, 3.05) is 31.6 Å².